The molecule has 1 saturated heterocycles. The Labute approximate surface area is 124 Å². The summed E-state index contributed by atoms with van der Waals surface area (Å²) in [7, 11) is -5.03. The molecule has 120 valence electrons. The lowest BCUT2D eigenvalue weighted by molar-refractivity contribution is 0.539. The fourth-order valence-electron chi connectivity index (χ4n) is 2.37. The van der Waals surface area contributed by atoms with Crippen molar-refractivity contribution in [2.45, 2.75) is 24.9 Å². The maximum absolute atomic E-state index is 12.3. The first-order valence-electron chi connectivity index (χ1n) is 6.63. The van der Waals surface area contributed by atoms with Gasteiger partial charge in [0.15, 0.2) is 14.9 Å². The average molecular weight is 336 g/mol. The van der Waals surface area contributed by atoms with Crippen LogP contribution < -0.4 is 10.0 Å². The topological polar surface area (TPSA) is 121 Å². The van der Waals surface area contributed by atoms with Crippen molar-refractivity contribution in [2.24, 2.45) is 5.92 Å². The van der Waals surface area contributed by atoms with Gasteiger partial charge in [-0.3, -0.25) is 5.10 Å². The Balaban J connectivity index is 2.09. The summed E-state index contributed by atoms with van der Waals surface area (Å²) >= 11 is 0. The highest BCUT2D eigenvalue weighted by atomic mass is 32.2. The van der Waals surface area contributed by atoms with Crippen LogP contribution >= 0.6 is 0 Å². The van der Waals surface area contributed by atoms with Gasteiger partial charge >= 0.3 is 0 Å². The van der Waals surface area contributed by atoms with Crippen molar-refractivity contribution in [1.29, 1.82) is 0 Å². The van der Waals surface area contributed by atoms with Crippen LogP contribution in [0.25, 0.3) is 0 Å². The molecule has 3 N–H and O–H groups in total. The number of H-pyrrole nitrogens is 1. The zero-order valence-corrected chi connectivity index (χ0v) is 13.6. The molecule has 0 aliphatic carbocycles. The molecular weight excluding hydrogens is 316 g/mol. The van der Waals surface area contributed by atoms with Gasteiger partial charge < -0.3 is 5.32 Å². The van der Waals surface area contributed by atoms with Crippen molar-refractivity contribution in [3.8, 4) is 0 Å². The molecule has 1 atom stereocenters. The summed E-state index contributed by atoms with van der Waals surface area (Å²) in [4.78, 5) is 0. The SMILES string of the molecule is CNCc1c(S(=O)(=O)NCC2CCS(=O)(=O)C2)n[nH]c1C. The molecule has 1 aliphatic heterocycles. The monoisotopic (exact) mass is 336 g/mol. The lowest BCUT2D eigenvalue weighted by atomic mass is 10.1. The van der Waals surface area contributed by atoms with Gasteiger partial charge in [0, 0.05) is 24.3 Å². The Morgan fingerprint density at radius 1 is 1.43 bits per heavy atom. The molecule has 0 saturated carbocycles. The second kappa shape index (κ2) is 6.03. The molecule has 2 heterocycles. The standard InChI is InChI=1S/C11H20N4O4S2/c1-8-10(6-12-2)11(15-14-8)21(18,19)13-5-9-3-4-20(16,17)7-9/h9,12-13H,3-7H2,1-2H3,(H,14,15). The lowest BCUT2D eigenvalue weighted by Gasteiger charge is -2.10. The largest absolute Gasteiger partial charge is 0.316 e. The molecule has 0 bridgehead atoms. The van der Waals surface area contributed by atoms with E-state index in [1.807, 2.05) is 0 Å². The molecule has 0 spiro atoms. The van der Waals surface area contributed by atoms with Crippen LogP contribution in [-0.2, 0) is 26.4 Å². The van der Waals surface area contributed by atoms with E-state index in [1.165, 1.54) is 0 Å². The van der Waals surface area contributed by atoms with E-state index in [0.29, 0.717) is 24.2 Å². The Hall–Kier alpha value is -0.970. The number of aromatic amines is 1. The Morgan fingerprint density at radius 2 is 2.14 bits per heavy atom. The summed E-state index contributed by atoms with van der Waals surface area (Å²) in [5, 5.41) is 9.38. The van der Waals surface area contributed by atoms with Crippen LogP contribution in [0.2, 0.25) is 0 Å². The molecule has 0 amide bonds. The molecular formula is C11H20N4O4S2. The third-order valence-electron chi connectivity index (χ3n) is 3.53. The van der Waals surface area contributed by atoms with Crippen molar-refractivity contribution in [3.05, 3.63) is 11.3 Å². The van der Waals surface area contributed by atoms with Gasteiger partial charge in [-0.15, -0.1) is 0 Å². The van der Waals surface area contributed by atoms with E-state index >= 15 is 0 Å². The van der Waals surface area contributed by atoms with Gasteiger partial charge in [-0.05, 0) is 26.3 Å². The van der Waals surface area contributed by atoms with Gasteiger partial charge in [-0.2, -0.15) is 5.10 Å². The highest BCUT2D eigenvalue weighted by Gasteiger charge is 2.30. The molecule has 0 radical (unpaired) electrons. The van der Waals surface area contributed by atoms with E-state index < -0.39 is 19.9 Å². The third-order valence-corrected chi connectivity index (χ3v) is 6.76. The highest BCUT2D eigenvalue weighted by Crippen LogP contribution is 2.19. The van der Waals surface area contributed by atoms with Crippen molar-refractivity contribution < 1.29 is 16.8 Å². The fraction of sp³-hybridized carbons (Fsp3) is 0.727. The Morgan fingerprint density at radius 3 is 2.71 bits per heavy atom. The van der Waals surface area contributed by atoms with Crippen LogP contribution in [0.5, 0.6) is 0 Å². The molecule has 1 unspecified atom stereocenters. The summed E-state index contributed by atoms with van der Waals surface area (Å²) in [6, 6.07) is 0. The van der Waals surface area contributed by atoms with E-state index in [9.17, 15) is 16.8 Å². The number of nitrogens with one attached hydrogen (secondary N) is 3. The minimum absolute atomic E-state index is 0.0322. The van der Waals surface area contributed by atoms with Gasteiger partial charge in [0.2, 0.25) is 0 Å². The minimum atomic E-state index is -3.74. The number of aromatic nitrogens is 2. The number of sulfonamides is 1. The first kappa shape index (κ1) is 16.4. The van der Waals surface area contributed by atoms with Crippen molar-refractivity contribution in [3.63, 3.8) is 0 Å². The number of hydrogen-bond donors (Lipinski definition) is 3. The van der Waals surface area contributed by atoms with Gasteiger partial charge in [0.05, 0.1) is 11.5 Å². The van der Waals surface area contributed by atoms with Crippen molar-refractivity contribution >= 4 is 19.9 Å². The summed E-state index contributed by atoms with van der Waals surface area (Å²) < 4.78 is 49.8. The van der Waals surface area contributed by atoms with Crippen LogP contribution in [0.1, 0.15) is 17.7 Å². The number of nitrogens with zero attached hydrogens (tertiary/aromatic N) is 1. The first-order valence-corrected chi connectivity index (χ1v) is 9.94. The maximum Gasteiger partial charge on any atom is 0.260 e. The normalized spacial score (nSPS) is 21.7. The lowest BCUT2D eigenvalue weighted by Crippen LogP contribution is -2.31. The third kappa shape index (κ3) is 3.82. The zero-order valence-electron chi connectivity index (χ0n) is 12.0. The van der Waals surface area contributed by atoms with Crippen LogP contribution in [0.4, 0.5) is 0 Å². The zero-order chi connectivity index (χ0) is 15.7. The number of sulfone groups is 1. The summed E-state index contributed by atoms with van der Waals surface area (Å²) in [6.45, 7) is 2.26. The van der Waals surface area contributed by atoms with E-state index in [1.54, 1.807) is 14.0 Å². The number of rotatable bonds is 6. The second-order valence-corrected chi connectivity index (χ2v) is 9.19. The van der Waals surface area contributed by atoms with Gasteiger partial charge in [0.25, 0.3) is 10.0 Å². The minimum Gasteiger partial charge on any atom is -0.316 e. The predicted molar refractivity (Wildman–Crippen MR) is 78.0 cm³/mol. The molecule has 1 fully saturated rings. The van der Waals surface area contributed by atoms with Gasteiger partial charge in [-0.25, -0.2) is 21.6 Å². The first-order chi connectivity index (χ1) is 9.75. The number of aryl methyl sites for hydroxylation is 1. The van der Waals surface area contributed by atoms with Gasteiger partial charge in [-0.1, -0.05) is 0 Å². The van der Waals surface area contributed by atoms with Crippen molar-refractivity contribution in [1.82, 2.24) is 20.2 Å². The fourth-order valence-corrected chi connectivity index (χ4v) is 5.54. The molecule has 8 nitrogen and oxygen atoms in total. The summed E-state index contributed by atoms with van der Waals surface area (Å²) in [5.41, 5.74) is 1.28. The molecule has 2 rings (SSSR count). The van der Waals surface area contributed by atoms with E-state index in [-0.39, 0.29) is 29.0 Å². The molecule has 10 heteroatoms. The highest BCUT2D eigenvalue weighted by molar-refractivity contribution is 7.91. The molecule has 1 aromatic heterocycles. The van der Waals surface area contributed by atoms with Crippen LogP contribution in [0, 0.1) is 12.8 Å². The van der Waals surface area contributed by atoms with Gasteiger partial charge in [0.1, 0.15) is 0 Å². The molecule has 1 aromatic rings. The van der Waals surface area contributed by atoms with E-state index in [2.05, 4.69) is 20.2 Å². The Bertz CT molecular complexity index is 709. The predicted octanol–water partition coefficient (Wildman–Crippen LogP) is -0.849. The summed E-state index contributed by atoms with van der Waals surface area (Å²) in [6.07, 6.45) is 0.494. The van der Waals surface area contributed by atoms with E-state index in [0.717, 1.165) is 0 Å². The molecule has 21 heavy (non-hydrogen) atoms. The van der Waals surface area contributed by atoms with Crippen LogP contribution in [0.3, 0.4) is 0 Å². The Kier molecular flexibility index (Phi) is 4.71. The van der Waals surface area contributed by atoms with Crippen LogP contribution in [0.15, 0.2) is 5.03 Å². The summed E-state index contributed by atoms with van der Waals surface area (Å²) in [5.74, 6) is 0.00211. The average Bonchev–Trinajstić information content (AvgIpc) is 2.92. The second-order valence-electron chi connectivity index (χ2n) is 5.28. The maximum atomic E-state index is 12.3. The van der Waals surface area contributed by atoms with Crippen molar-refractivity contribution in [2.75, 3.05) is 25.1 Å². The molecule has 0 aromatic carbocycles. The quantitative estimate of drug-likeness (QED) is 0.622. The van der Waals surface area contributed by atoms with E-state index in [4.69, 9.17) is 0 Å². The molecule has 1 aliphatic rings. The smallest absolute Gasteiger partial charge is 0.260 e. The van der Waals surface area contributed by atoms with Crippen LogP contribution in [-0.4, -0.2) is 52.1 Å². The number of hydrogen-bond acceptors (Lipinski definition) is 6.